The molecule has 5 heteroatoms. The van der Waals surface area contributed by atoms with Crippen LogP contribution in [0.25, 0.3) is 0 Å². The number of anilines is 1. The van der Waals surface area contributed by atoms with E-state index >= 15 is 0 Å². The predicted octanol–water partition coefficient (Wildman–Crippen LogP) is 2.22. The zero-order chi connectivity index (χ0) is 12.0. The Morgan fingerprint density at radius 1 is 1.44 bits per heavy atom. The van der Waals surface area contributed by atoms with Gasteiger partial charge < -0.3 is 19.8 Å². The molecular weight excluding hydrogens is 208 g/mol. The monoisotopic (exact) mass is 226 g/mol. The summed E-state index contributed by atoms with van der Waals surface area (Å²) in [5.74, 6) is 0. The summed E-state index contributed by atoms with van der Waals surface area (Å²) in [4.78, 5) is 11.2. The van der Waals surface area contributed by atoms with E-state index in [4.69, 9.17) is 9.15 Å². The summed E-state index contributed by atoms with van der Waals surface area (Å²) in [5.41, 5.74) is 0.438. The van der Waals surface area contributed by atoms with E-state index in [-0.39, 0.29) is 0 Å². The van der Waals surface area contributed by atoms with Crippen molar-refractivity contribution in [3.05, 3.63) is 18.6 Å². The lowest BCUT2D eigenvalue weighted by molar-refractivity contribution is 0.0530. The number of amides is 1. The normalized spacial score (nSPS) is 10.9. The first kappa shape index (κ1) is 12.4. The first-order valence-electron chi connectivity index (χ1n) is 5.20. The number of ether oxygens (including phenoxy) is 1. The topological polar surface area (TPSA) is 63.5 Å². The number of hydrogen-bond acceptors (Lipinski definition) is 4. The lowest BCUT2D eigenvalue weighted by Gasteiger charge is -2.19. The number of carbonyl (C=O) groups excluding carboxylic acids is 1. The maximum Gasteiger partial charge on any atom is 0.407 e. The van der Waals surface area contributed by atoms with Crippen LogP contribution in [0.5, 0.6) is 0 Å². The van der Waals surface area contributed by atoms with E-state index in [2.05, 4.69) is 10.6 Å². The number of rotatable bonds is 4. The van der Waals surface area contributed by atoms with Gasteiger partial charge in [-0.3, -0.25) is 0 Å². The Morgan fingerprint density at radius 3 is 2.75 bits per heavy atom. The van der Waals surface area contributed by atoms with Crippen LogP contribution >= 0.6 is 0 Å². The minimum absolute atomic E-state index is 0.401. The Kier molecular flexibility index (Phi) is 4.22. The largest absolute Gasteiger partial charge is 0.470 e. The molecule has 0 atom stereocenters. The first-order valence-corrected chi connectivity index (χ1v) is 5.20. The molecule has 0 radical (unpaired) electrons. The highest BCUT2D eigenvalue weighted by Crippen LogP contribution is 2.06. The molecule has 1 rings (SSSR count). The fourth-order valence-corrected chi connectivity index (χ4v) is 1.05. The highest BCUT2D eigenvalue weighted by Gasteiger charge is 2.15. The number of hydrogen-bond donors (Lipinski definition) is 2. The second-order valence-electron chi connectivity index (χ2n) is 4.37. The summed E-state index contributed by atoms with van der Waals surface area (Å²) in [6.07, 6.45) is 2.79. The summed E-state index contributed by atoms with van der Waals surface area (Å²) in [7, 11) is 0. The number of nitrogens with one attached hydrogen (secondary N) is 2. The van der Waals surface area contributed by atoms with Gasteiger partial charge in [0.15, 0.2) is 0 Å². The Bertz CT molecular complexity index is 314. The molecule has 0 saturated heterocycles. The minimum atomic E-state index is -0.456. The van der Waals surface area contributed by atoms with Gasteiger partial charge in [0.1, 0.15) is 11.9 Å². The Hall–Kier alpha value is -1.65. The molecular formula is C11H18N2O3. The molecule has 0 fully saturated rings. The predicted molar refractivity (Wildman–Crippen MR) is 61.4 cm³/mol. The molecule has 0 aliphatic carbocycles. The van der Waals surface area contributed by atoms with E-state index in [9.17, 15) is 4.79 Å². The molecule has 0 aliphatic rings. The van der Waals surface area contributed by atoms with Gasteiger partial charge in [-0.2, -0.15) is 0 Å². The standard InChI is InChI=1S/C11H18N2O3/c1-11(2,3)16-10(14)13-6-5-12-9-4-7-15-8-9/h4,7-8,12H,5-6H2,1-3H3,(H,13,14). The van der Waals surface area contributed by atoms with Crippen molar-refractivity contribution >= 4 is 11.8 Å². The molecule has 0 saturated carbocycles. The molecule has 5 nitrogen and oxygen atoms in total. The molecule has 1 heterocycles. The van der Waals surface area contributed by atoms with Crippen LogP contribution in [0.3, 0.4) is 0 Å². The lowest BCUT2D eigenvalue weighted by atomic mass is 10.2. The van der Waals surface area contributed by atoms with Gasteiger partial charge in [0.2, 0.25) is 0 Å². The van der Waals surface area contributed by atoms with Crippen molar-refractivity contribution in [2.75, 3.05) is 18.4 Å². The summed E-state index contributed by atoms with van der Waals surface area (Å²) in [6.45, 7) is 6.61. The van der Waals surface area contributed by atoms with Crippen LogP contribution < -0.4 is 10.6 Å². The lowest BCUT2D eigenvalue weighted by Crippen LogP contribution is -2.34. The van der Waals surface area contributed by atoms with E-state index in [0.29, 0.717) is 13.1 Å². The third-order valence-electron chi connectivity index (χ3n) is 1.64. The third kappa shape index (κ3) is 5.29. The van der Waals surface area contributed by atoms with Gasteiger partial charge >= 0.3 is 6.09 Å². The molecule has 1 aromatic heterocycles. The second kappa shape index (κ2) is 5.44. The maximum atomic E-state index is 11.2. The molecule has 0 bridgehead atoms. The average molecular weight is 226 g/mol. The Morgan fingerprint density at radius 2 is 2.19 bits per heavy atom. The number of furan rings is 1. The molecule has 0 aliphatic heterocycles. The SMILES string of the molecule is CC(C)(C)OC(=O)NCCNc1ccoc1. The molecule has 0 aromatic carbocycles. The van der Waals surface area contributed by atoms with Crippen LogP contribution in [0.15, 0.2) is 23.0 Å². The van der Waals surface area contributed by atoms with Gasteiger partial charge in [-0.25, -0.2) is 4.79 Å². The van der Waals surface area contributed by atoms with Crippen LogP contribution in [-0.4, -0.2) is 24.8 Å². The number of alkyl carbamates (subject to hydrolysis) is 1. The van der Waals surface area contributed by atoms with Crippen molar-refractivity contribution in [1.82, 2.24) is 5.32 Å². The van der Waals surface area contributed by atoms with Crippen LogP contribution in [0.4, 0.5) is 10.5 Å². The van der Waals surface area contributed by atoms with Crippen LogP contribution in [0.1, 0.15) is 20.8 Å². The molecule has 0 unspecified atom stereocenters. The number of carbonyl (C=O) groups is 1. The van der Waals surface area contributed by atoms with Crippen molar-refractivity contribution in [2.24, 2.45) is 0 Å². The fraction of sp³-hybridized carbons (Fsp3) is 0.545. The van der Waals surface area contributed by atoms with Gasteiger partial charge in [0.05, 0.1) is 12.0 Å². The van der Waals surface area contributed by atoms with Gasteiger partial charge in [0, 0.05) is 13.1 Å². The van der Waals surface area contributed by atoms with Gasteiger partial charge in [0.25, 0.3) is 0 Å². The maximum absolute atomic E-state index is 11.2. The van der Waals surface area contributed by atoms with Gasteiger partial charge in [-0.1, -0.05) is 0 Å². The summed E-state index contributed by atoms with van der Waals surface area (Å²) >= 11 is 0. The molecule has 1 amide bonds. The molecule has 2 N–H and O–H groups in total. The molecule has 16 heavy (non-hydrogen) atoms. The Balaban J connectivity index is 2.09. The van der Waals surface area contributed by atoms with Crippen molar-refractivity contribution in [3.63, 3.8) is 0 Å². The fourth-order valence-electron chi connectivity index (χ4n) is 1.05. The zero-order valence-corrected chi connectivity index (χ0v) is 9.87. The molecule has 0 spiro atoms. The van der Waals surface area contributed by atoms with E-state index in [1.807, 2.05) is 26.8 Å². The van der Waals surface area contributed by atoms with E-state index in [0.717, 1.165) is 5.69 Å². The third-order valence-corrected chi connectivity index (χ3v) is 1.64. The van der Waals surface area contributed by atoms with E-state index < -0.39 is 11.7 Å². The zero-order valence-electron chi connectivity index (χ0n) is 9.87. The van der Waals surface area contributed by atoms with E-state index in [1.165, 1.54) is 0 Å². The van der Waals surface area contributed by atoms with Crippen LogP contribution in [-0.2, 0) is 4.74 Å². The van der Waals surface area contributed by atoms with Crippen molar-refractivity contribution in [1.29, 1.82) is 0 Å². The Labute approximate surface area is 95.2 Å². The van der Waals surface area contributed by atoms with Crippen molar-refractivity contribution in [2.45, 2.75) is 26.4 Å². The highest BCUT2D eigenvalue weighted by atomic mass is 16.6. The average Bonchev–Trinajstić information content (AvgIpc) is 2.62. The van der Waals surface area contributed by atoms with Crippen LogP contribution in [0.2, 0.25) is 0 Å². The first-order chi connectivity index (χ1) is 7.47. The van der Waals surface area contributed by atoms with Crippen molar-refractivity contribution in [3.8, 4) is 0 Å². The quantitative estimate of drug-likeness (QED) is 0.773. The smallest absolute Gasteiger partial charge is 0.407 e. The molecule has 1 aromatic rings. The summed E-state index contributed by atoms with van der Waals surface area (Å²) in [5, 5.41) is 5.73. The van der Waals surface area contributed by atoms with Crippen molar-refractivity contribution < 1.29 is 13.9 Å². The van der Waals surface area contributed by atoms with Crippen LogP contribution in [0, 0.1) is 0 Å². The second-order valence-corrected chi connectivity index (χ2v) is 4.37. The van der Waals surface area contributed by atoms with Gasteiger partial charge in [-0.15, -0.1) is 0 Å². The summed E-state index contributed by atoms with van der Waals surface area (Å²) in [6, 6.07) is 1.81. The summed E-state index contributed by atoms with van der Waals surface area (Å²) < 4.78 is 9.96. The van der Waals surface area contributed by atoms with Gasteiger partial charge in [-0.05, 0) is 26.8 Å². The highest BCUT2D eigenvalue weighted by molar-refractivity contribution is 5.67. The molecule has 90 valence electrons. The minimum Gasteiger partial charge on any atom is -0.470 e. The van der Waals surface area contributed by atoms with E-state index in [1.54, 1.807) is 12.5 Å².